The van der Waals surface area contributed by atoms with Crippen LogP contribution < -0.4 is 21.3 Å². The lowest BCUT2D eigenvalue weighted by Crippen LogP contribution is -2.55. The molecule has 0 rings (SSSR count). The number of esters is 5. The Morgan fingerprint density at radius 2 is 0.684 bits per heavy atom. The molecule has 0 aromatic carbocycles. The summed E-state index contributed by atoms with van der Waals surface area (Å²) in [7, 11) is 0. The van der Waals surface area contributed by atoms with E-state index in [2.05, 4.69) is 42.0 Å². The van der Waals surface area contributed by atoms with Crippen LogP contribution in [0.3, 0.4) is 0 Å². The van der Waals surface area contributed by atoms with E-state index in [-0.39, 0.29) is 74.9 Å². The fourth-order valence-electron chi connectivity index (χ4n) is 10.9. The van der Waals surface area contributed by atoms with Crippen LogP contribution >= 0.6 is 11.8 Å². The van der Waals surface area contributed by atoms with Crippen molar-refractivity contribution in [3.8, 4) is 0 Å². The summed E-state index contributed by atoms with van der Waals surface area (Å²) in [6.45, 7) is 21.0. The smallest absolute Gasteiger partial charge is 0.329 e. The van der Waals surface area contributed by atoms with Gasteiger partial charge in [0.2, 0.25) is 23.6 Å². The van der Waals surface area contributed by atoms with Crippen molar-refractivity contribution < 1.29 is 66.8 Å². The highest BCUT2D eigenvalue weighted by atomic mass is 32.2. The molecular formula is C76H140N4O14S. The van der Waals surface area contributed by atoms with Crippen molar-refractivity contribution in [3.63, 3.8) is 0 Å². The van der Waals surface area contributed by atoms with E-state index in [0.717, 1.165) is 64.2 Å². The maximum atomic E-state index is 14.2. The number of nitrogens with one attached hydrogen (secondary N) is 4. The van der Waals surface area contributed by atoms with Crippen molar-refractivity contribution in [1.29, 1.82) is 0 Å². The molecule has 0 heterocycles. The van der Waals surface area contributed by atoms with E-state index in [9.17, 15) is 43.2 Å². The van der Waals surface area contributed by atoms with E-state index in [4.69, 9.17) is 23.7 Å². The van der Waals surface area contributed by atoms with Crippen LogP contribution in [0.15, 0.2) is 0 Å². The quantitative estimate of drug-likeness (QED) is 0.0251. The summed E-state index contributed by atoms with van der Waals surface area (Å²) in [6.07, 6.45) is 41.6. The van der Waals surface area contributed by atoms with Crippen LogP contribution in [0.2, 0.25) is 0 Å². The van der Waals surface area contributed by atoms with Gasteiger partial charge in [0.15, 0.2) is 0 Å². The third kappa shape index (κ3) is 59.4. The van der Waals surface area contributed by atoms with Crippen LogP contribution in [0.25, 0.3) is 0 Å². The summed E-state index contributed by atoms with van der Waals surface area (Å²) < 4.78 is 28.2. The maximum Gasteiger partial charge on any atom is 0.329 e. The van der Waals surface area contributed by atoms with Gasteiger partial charge < -0.3 is 45.0 Å². The van der Waals surface area contributed by atoms with Gasteiger partial charge in [0, 0.05) is 43.6 Å². The molecule has 4 amide bonds. The van der Waals surface area contributed by atoms with Crippen molar-refractivity contribution in [3.05, 3.63) is 0 Å². The number of ether oxygens (including phenoxy) is 5. The fraction of sp³-hybridized carbons (Fsp3) is 0.882. The van der Waals surface area contributed by atoms with Gasteiger partial charge >= 0.3 is 29.8 Å². The van der Waals surface area contributed by atoms with Crippen LogP contribution in [-0.2, 0) is 66.8 Å². The molecule has 0 aliphatic carbocycles. The highest BCUT2D eigenvalue weighted by Crippen LogP contribution is 2.20. The molecule has 0 aliphatic rings. The highest BCUT2D eigenvalue weighted by Gasteiger charge is 2.33. The minimum absolute atomic E-state index is 0.00747. The third-order valence-electron chi connectivity index (χ3n) is 16.1. The topological polar surface area (TPSA) is 248 Å². The van der Waals surface area contributed by atoms with E-state index in [1.807, 2.05) is 0 Å². The zero-order valence-electron chi connectivity index (χ0n) is 62.4. The first-order valence-corrected chi connectivity index (χ1v) is 39.1. The van der Waals surface area contributed by atoms with E-state index in [1.165, 1.54) is 166 Å². The predicted octanol–water partition coefficient (Wildman–Crippen LogP) is 17.0. The molecule has 19 heteroatoms. The second-order valence-corrected chi connectivity index (χ2v) is 30.5. The minimum atomic E-state index is -1.43. The normalized spacial score (nSPS) is 13.0. The lowest BCUT2D eigenvalue weighted by atomic mass is 10.0. The molecule has 0 fully saturated rings. The first-order valence-electron chi connectivity index (χ1n) is 37.9. The first kappa shape index (κ1) is 90.6. The standard InChI is InChI=1S/C76H140N4O14S/c1-13-16-19-22-25-28-31-33-36-39-42-45-48-51-67(83)90-58-61(91-68(84)52-49-46-43-40-37-34-32-29-26-23-20-17-14-2)59-95-60-64(79-65(81)50-47-44-41-38-35-30-27-24-21-18-15-3)71(87)77-57-66(82)78-62(53-55-69(85)92-74(4,5)6)72(88)80-63(73(89)94-76(10,11)12)54-56-70(86)93-75(7,8)9/h61-64H,13-60H2,1-12H3,(H,77,87)(H,78,82)(H,79,81)(H,80,88)/t61-,62+,63+,64+/m1/s1. The summed E-state index contributed by atoms with van der Waals surface area (Å²) in [5.41, 5.74) is -2.62. The average molecular weight is 1370 g/mol. The summed E-state index contributed by atoms with van der Waals surface area (Å²) in [6, 6.07) is -3.93. The second-order valence-electron chi connectivity index (χ2n) is 29.4. The maximum absolute atomic E-state index is 14.2. The Morgan fingerprint density at radius 3 is 1.07 bits per heavy atom. The highest BCUT2D eigenvalue weighted by molar-refractivity contribution is 7.99. The van der Waals surface area contributed by atoms with E-state index in [1.54, 1.807) is 62.3 Å². The van der Waals surface area contributed by atoms with Crippen LogP contribution in [0.5, 0.6) is 0 Å². The number of hydrogen-bond donors (Lipinski definition) is 4. The Labute approximate surface area is 581 Å². The lowest BCUT2D eigenvalue weighted by molar-refractivity contribution is -0.161. The molecule has 0 saturated heterocycles. The summed E-state index contributed by atoms with van der Waals surface area (Å²) >= 11 is 1.24. The zero-order valence-corrected chi connectivity index (χ0v) is 63.2. The zero-order chi connectivity index (χ0) is 71.0. The minimum Gasteiger partial charge on any atom is -0.462 e. The van der Waals surface area contributed by atoms with E-state index < -0.39 is 89.2 Å². The van der Waals surface area contributed by atoms with Gasteiger partial charge in [0.05, 0.1) is 6.54 Å². The molecular weight excluding hydrogens is 1220 g/mol. The first-order chi connectivity index (χ1) is 45.2. The third-order valence-corrected chi connectivity index (χ3v) is 17.3. The number of hydrogen-bond acceptors (Lipinski definition) is 15. The van der Waals surface area contributed by atoms with Crippen molar-refractivity contribution in [2.75, 3.05) is 24.7 Å². The largest absolute Gasteiger partial charge is 0.462 e. The van der Waals surface area contributed by atoms with Gasteiger partial charge in [0.1, 0.15) is 47.6 Å². The molecule has 0 bridgehead atoms. The molecule has 0 aromatic rings. The van der Waals surface area contributed by atoms with E-state index in [0.29, 0.717) is 19.3 Å². The molecule has 18 nitrogen and oxygen atoms in total. The number of unbranched alkanes of at least 4 members (excludes halogenated alkanes) is 34. The predicted molar refractivity (Wildman–Crippen MR) is 385 cm³/mol. The molecule has 95 heavy (non-hydrogen) atoms. The Bertz CT molecular complexity index is 2050. The second kappa shape index (κ2) is 57.5. The van der Waals surface area contributed by atoms with Crippen LogP contribution in [0, 0.1) is 0 Å². The van der Waals surface area contributed by atoms with Gasteiger partial charge in [-0.1, -0.05) is 239 Å². The van der Waals surface area contributed by atoms with Crippen molar-refractivity contribution in [2.45, 2.75) is 407 Å². The van der Waals surface area contributed by atoms with Crippen LogP contribution in [0.1, 0.15) is 366 Å². The SMILES string of the molecule is CCCCCCCCCCCCCCCC(=O)OC[C@H](CSC[C@H](NC(=O)CCCCCCCCCCCCC)C(=O)NCC(=O)N[C@@H](CCC(=O)OC(C)(C)C)C(=O)N[C@@H](CCC(=O)OC(C)(C)C)C(=O)OC(C)(C)C)OC(=O)CCCCCCCCCCCCCCC. The van der Waals surface area contributed by atoms with Gasteiger partial charge in [-0.25, -0.2) is 4.79 Å². The van der Waals surface area contributed by atoms with Gasteiger partial charge in [-0.15, -0.1) is 0 Å². The number of carbonyl (C=O) groups is 9. The summed E-state index contributed by atoms with van der Waals surface area (Å²) in [5, 5.41) is 10.7. The monoisotopic (exact) mass is 1370 g/mol. The van der Waals surface area contributed by atoms with Crippen LogP contribution in [0.4, 0.5) is 0 Å². The van der Waals surface area contributed by atoms with Crippen molar-refractivity contribution in [1.82, 2.24) is 21.3 Å². The summed E-state index contributed by atoms with van der Waals surface area (Å²) in [5.74, 6) is -5.42. The fourth-order valence-corrected chi connectivity index (χ4v) is 12.0. The average Bonchev–Trinajstić information content (AvgIpc) is 1.09. The molecule has 0 saturated carbocycles. The van der Waals surface area contributed by atoms with Gasteiger partial charge in [-0.05, 0) is 94.4 Å². The molecule has 0 aliphatic heterocycles. The van der Waals surface area contributed by atoms with Crippen molar-refractivity contribution >= 4 is 65.2 Å². The molecule has 0 spiro atoms. The summed E-state index contributed by atoms with van der Waals surface area (Å²) in [4.78, 5) is 122. The number of rotatable bonds is 61. The number of thioether (sulfide) groups is 1. The lowest BCUT2D eigenvalue weighted by Gasteiger charge is -2.27. The van der Waals surface area contributed by atoms with Crippen molar-refractivity contribution in [2.24, 2.45) is 0 Å². The van der Waals surface area contributed by atoms with Gasteiger partial charge in [-0.2, -0.15) is 11.8 Å². The molecule has 554 valence electrons. The Balaban J connectivity index is 6.35. The van der Waals surface area contributed by atoms with Gasteiger partial charge in [0.25, 0.3) is 0 Å². The molecule has 0 unspecified atom stereocenters. The molecule has 0 aromatic heterocycles. The Kier molecular flexibility index (Phi) is 54.8. The molecule has 4 atom stereocenters. The number of carbonyl (C=O) groups excluding carboxylic acids is 9. The Hall–Kier alpha value is -4.42. The van der Waals surface area contributed by atoms with Gasteiger partial charge in [-0.3, -0.25) is 38.4 Å². The number of amides is 4. The Morgan fingerprint density at radius 1 is 0.337 bits per heavy atom. The molecule has 4 N–H and O–H groups in total. The van der Waals surface area contributed by atoms with E-state index >= 15 is 0 Å². The molecule has 0 radical (unpaired) electrons. The van der Waals surface area contributed by atoms with Crippen LogP contribution in [-0.4, -0.2) is 119 Å².